The summed E-state index contributed by atoms with van der Waals surface area (Å²) in [7, 11) is 0. The third-order valence-corrected chi connectivity index (χ3v) is 4.69. The maximum atomic E-state index is 12.5. The van der Waals surface area contributed by atoms with Crippen molar-refractivity contribution in [3.63, 3.8) is 0 Å². The number of hydrogen-bond acceptors (Lipinski definition) is 4. The van der Waals surface area contributed by atoms with E-state index in [2.05, 4.69) is 15.7 Å². The molecule has 2 aromatic rings. The SMILES string of the molecule is O=C(O)c1nn(C2CCNCC2)cc1NC(=O)c1c(Cl)cccc1Cl. The lowest BCUT2D eigenvalue weighted by atomic mass is 10.1. The van der Waals surface area contributed by atoms with E-state index in [1.807, 2.05) is 0 Å². The monoisotopic (exact) mass is 382 g/mol. The van der Waals surface area contributed by atoms with Crippen molar-refractivity contribution in [3.05, 3.63) is 45.7 Å². The van der Waals surface area contributed by atoms with Crippen LogP contribution in [0.15, 0.2) is 24.4 Å². The van der Waals surface area contributed by atoms with Crippen LogP contribution in [-0.4, -0.2) is 39.9 Å². The molecule has 0 saturated carbocycles. The van der Waals surface area contributed by atoms with Crippen molar-refractivity contribution in [2.45, 2.75) is 18.9 Å². The van der Waals surface area contributed by atoms with Crippen LogP contribution in [0.25, 0.3) is 0 Å². The molecular formula is C16H16Cl2N4O3. The number of carbonyl (C=O) groups excluding carboxylic acids is 1. The molecule has 1 amide bonds. The van der Waals surface area contributed by atoms with Gasteiger partial charge in [-0.1, -0.05) is 29.3 Å². The number of carbonyl (C=O) groups is 2. The zero-order valence-corrected chi connectivity index (χ0v) is 14.6. The van der Waals surface area contributed by atoms with E-state index in [9.17, 15) is 14.7 Å². The normalized spacial score (nSPS) is 15.1. The van der Waals surface area contributed by atoms with Crippen LogP contribution in [0.2, 0.25) is 10.0 Å². The molecule has 132 valence electrons. The maximum Gasteiger partial charge on any atom is 0.358 e. The third kappa shape index (κ3) is 3.78. The van der Waals surface area contributed by atoms with Gasteiger partial charge in [0.1, 0.15) is 0 Å². The van der Waals surface area contributed by atoms with E-state index in [0.29, 0.717) is 0 Å². The number of carboxylic acids is 1. The molecule has 0 aliphatic carbocycles. The van der Waals surface area contributed by atoms with Crippen LogP contribution in [0.5, 0.6) is 0 Å². The molecule has 0 atom stereocenters. The Bertz CT molecular complexity index is 795. The Kier molecular flexibility index (Phi) is 5.27. The summed E-state index contributed by atoms with van der Waals surface area (Å²) in [5.41, 5.74) is -0.00105. The predicted octanol–water partition coefficient (Wildman–Crippen LogP) is 3.06. The molecule has 1 saturated heterocycles. The fraction of sp³-hybridized carbons (Fsp3) is 0.312. The Morgan fingerprint density at radius 3 is 2.48 bits per heavy atom. The van der Waals surface area contributed by atoms with E-state index in [1.165, 1.54) is 0 Å². The highest BCUT2D eigenvalue weighted by molar-refractivity contribution is 6.40. The van der Waals surface area contributed by atoms with Crippen molar-refractivity contribution in [2.75, 3.05) is 18.4 Å². The first-order valence-electron chi connectivity index (χ1n) is 7.76. The minimum atomic E-state index is -1.21. The first-order chi connectivity index (χ1) is 12.0. The number of carboxylic acid groups (broad SMARTS) is 1. The number of halogens is 2. The van der Waals surface area contributed by atoms with Gasteiger partial charge in [-0.2, -0.15) is 5.10 Å². The van der Waals surface area contributed by atoms with Crippen molar-refractivity contribution in [3.8, 4) is 0 Å². The largest absolute Gasteiger partial charge is 0.476 e. The van der Waals surface area contributed by atoms with Gasteiger partial charge < -0.3 is 15.7 Å². The molecule has 0 bridgehead atoms. The minimum Gasteiger partial charge on any atom is -0.476 e. The Morgan fingerprint density at radius 2 is 1.88 bits per heavy atom. The number of aromatic carboxylic acids is 1. The summed E-state index contributed by atoms with van der Waals surface area (Å²) in [6.45, 7) is 1.67. The molecule has 0 unspecified atom stereocenters. The highest BCUT2D eigenvalue weighted by Gasteiger charge is 2.24. The summed E-state index contributed by atoms with van der Waals surface area (Å²) in [4.78, 5) is 24.0. The lowest BCUT2D eigenvalue weighted by Gasteiger charge is -2.22. The minimum absolute atomic E-state index is 0.0916. The van der Waals surface area contributed by atoms with Crippen LogP contribution in [-0.2, 0) is 0 Å². The number of benzene rings is 1. The molecule has 9 heteroatoms. The lowest BCUT2D eigenvalue weighted by molar-refractivity contribution is 0.0690. The Balaban J connectivity index is 1.89. The van der Waals surface area contributed by atoms with Gasteiger partial charge in [-0.15, -0.1) is 0 Å². The summed E-state index contributed by atoms with van der Waals surface area (Å²) in [5.74, 6) is -1.80. The van der Waals surface area contributed by atoms with E-state index >= 15 is 0 Å². The molecule has 1 aromatic heterocycles. The lowest BCUT2D eigenvalue weighted by Crippen LogP contribution is -2.29. The molecule has 0 spiro atoms. The average molecular weight is 383 g/mol. The van der Waals surface area contributed by atoms with Crippen LogP contribution >= 0.6 is 23.2 Å². The van der Waals surface area contributed by atoms with Gasteiger partial charge in [0.05, 0.1) is 27.3 Å². The van der Waals surface area contributed by atoms with Crippen molar-refractivity contribution in [2.24, 2.45) is 0 Å². The molecule has 1 fully saturated rings. The van der Waals surface area contributed by atoms with Gasteiger partial charge in [-0.25, -0.2) is 4.79 Å². The smallest absolute Gasteiger partial charge is 0.358 e. The van der Waals surface area contributed by atoms with Gasteiger partial charge in [-0.3, -0.25) is 9.48 Å². The molecule has 25 heavy (non-hydrogen) atoms. The summed E-state index contributed by atoms with van der Waals surface area (Å²) in [6, 6.07) is 4.80. The number of amides is 1. The second kappa shape index (κ2) is 7.43. The van der Waals surface area contributed by atoms with Crippen LogP contribution in [0.3, 0.4) is 0 Å². The van der Waals surface area contributed by atoms with Crippen molar-refractivity contribution in [1.29, 1.82) is 0 Å². The van der Waals surface area contributed by atoms with Crippen LogP contribution in [0, 0.1) is 0 Å². The van der Waals surface area contributed by atoms with E-state index < -0.39 is 11.9 Å². The summed E-state index contributed by atoms with van der Waals surface area (Å²) >= 11 is 12.1. The van der Waals surface area contributed by atoms with Gasteiger partial charge >= 0.3 is 5.97 Å². The number of piperidine rings is 1. The number of aromatic nitrogens is 2. The topological polar surface area (TPSA) is 96.2 Å². The zero-order chi connectivity index (χ0) is 18.0. The standard InChI is InChI=1S/C16H16Cl2N4O3/c17-10-2-1-3-11(18)13(10)15(23)20-12-8-22(21-14(12)16(24)25)9-4-6-19-7-5-9/h1-3,8-9,19H,4-7H2,(H,20,23)(H,24,25). The summed E-state index contributed by atoms with van der Waals surface area (Å²) in [6.07, 6.45) is 3.22. The van der Waals surface area contributed by atoms with Crippen molar-refractivity contribution < 1.29 is 14.7 Å². The zero-order valence-electron chi connectivity index (χ0n) is 13.1. The quantitative estimate of drug-likeness (QED) is 0.754. The Hall–Kier alpha value is -2.09. The first kappa shape index (κ1) is 17.7. The third-order valence-electron chi connectivity index (χ3n) is 4.06. The molecule has 7 nitrogen and oxygen atoms in total. The molecule has 3 rings (SSSR count). The van der Waals surface area contributed by atoms with Gasteiger partial charge in [0.15, 0.2) is 5.69 Å². The molecule has 2 heterocycles. The van der Waals surface area contributed by atoms with Gasteiger partial charge in [0.2, 0.25) is 0 Å². The van der Waals surface area contributed by atoms with Gasteiger partial charge in [0.25, 0.3) is 5.91 Å². The highest BCUT2D eigenvalue weighted by Crippen LogP contribution is 2.27. The Morgan fingerprint density at radius 1 is 1.24 bits per heavy atom. The molecule has 1 aliphatic rings. The van der Waals surface area contributed by atoms with Crippen LogP contribution in [0.4, 0.5) is 5.69 Å². The molecule has 3 N–H and O–H groups in total. The molecular weight excluding hydrogens is 367 g/mol. The number of hydrogen-bond donors (Lipinski definition) is 3. The second-order valence-corrected chi connectivity index (χ2v) is 6.52. The average Bonchev–Trinajstić information content (AvgIpc) is 2.99. The maximum absolute atomic E-state index is 12.5. The van der Waals surface area contributed by atoms with E-state index in [1.54, 1.807) is 29.1 Å². The molecule has 0 radical (unpaired) electrons. The van der Waals surface area contributed by atoms with Gasteiger partial charge in [0, 0.05) is 6.20 Å². The number of rotatable bonds is 4. The fourth-order valence-electron chi connectivity index (χ4n) is 2.80. The Labute approximate surface area is 153 Å². The first-order valence-corrected chi connectivity index (χ1v) is 8.51. The highest BCUT2D eigenvalue weighted by atomic mass is 35.5. The van der Waals surface area contributed by atoms with Gasteiger partial charge in [-0.05, 0) is 38.1 Å². The van der Waals surface area contributed by atoms with Crippen molar-refractivity contribution in [1.82, 2.24) is 15.1 Å². The van der Waals surface area contributed by atoms with Crippen molar-refractivity contribution >= 4 is 40.8 Å². The predicted molar refractivity (Wildman–Crippen MR) is 94.7 cm³/mol. The van der Waals surface area contributed by atoms with E-state index in [4.69, 9.17) is 23.2 Å². The fourth-order valence-corrected chi connectivity index (χ4v) is 3.37. The molecule has 1 aromatic carbocycles. The number of nitrogens with one attached hydrogen (secondary N) is 2. The summed E-state index contributed by atoms with van der Waals surface area (Å²) < 4.78 is 1.61. The number of anilines is 1. The van der Waals surface area contributed by atoms with Crippen LogP contribution in [0.1, 0.15) is 39.7 Å². The summed E-state index contributed by atoms with van der Waals surface area (Å²) in [5, 5.41) is 19.7. The molecule has 1 aliphatic heterocycles. The van der Waals surface area contributed by atoms with E-state index in [-0.39, 0.29) is 33.0 Å². The van der Waals surface area contributed by atoms with Crippen LogP contribution < -0.4 is 10.6 Å². The number of nitrogens with zero attached hydrogens (tertiary/aromatic N) is 2. The van der Waals surface area contributed by atoms with E-state index in [0.717, 1.165) is 25.9 Å². The second-order valence-electron chi connectivity index (χ2n) is 5.71.